The van der Waals surface area contributed by atoms with Gasteiger partial charge < -0.3 is 9.80 Å². The monoisotopic (exact) mass is 380 g/mol. The number of likely N-dealkylation sites (tertiary alicyclic amines) is 1. The third-order valence-corrected chi connectivity index (χ3v) is 8.94. The van der Waals surface area contributed by atoms with Crippen LogP contribution in [0.5, 0.6) is 0 Å². The Labute approximate surface area is 170 Å². The van der Waals surface area contributed by atoms with E-state index in [-0.39, 0.29) is 17.4 Å². The highest BCUT2D eigenvalue weighted by Gasteiger charge is 2.47. The summed E-state index contributed by atoms with van der Waals surface area (Å²) < 4.78 is 0. The molecule has 3 heteroatoms. The van der Waals surface area contributed by atoms with Crippen LogP contribution in [0.1, 0.15) is 75.5 Å². The standard InChI is InChI=1S/C25H36N2O/c1-18(28)26(2)24-16-25(23-6-4-3-5-22(23)24)11-13-27(14-12-25)17-21-15-19-7-9-20(21)10-8-19/h3-6,19-21,24H,7-17H2,1-2H3/t19?,20?,21-,24+/m1/s1. The molecule has 1 aromatic rings. The number of rotatable bonds is 3. The van der Waals surface area contributed by atoms with Gasteiger partial charge in [-0.15, -0.1) is 0 Å². The molecule has 0 unspecified atom stereocenters. The normalized spacial score (nSPS) is 33.8. The molecule has 1 amide bonds. The summed E-state index contributed by atoms with van der Waals surface area (Å²) in [5, 5.41) is 0. The van der Waals surface area contributed by atoms with E-state index in [4.69, 9.17) is 0 Å². The second-order valence-electron chi connectivity index (χ2n) is 10.3. The van der Waals surface area contributed by atoms with Gasteiger partial charge in [0.2, 0.25) is 5.91 Å². The summed E-state index contributed by atoms with van der Waals surface area (Å²) in [5.74, 6) is 3.20. The SMILES string of the molecule is CC(=O)N(C)[C@H]1CC2(CCN(C[C@H]3CC4CCC3CC4)CC2)c2ccccc21. The first-order valence-corrected chi connectivity index (χ1v) is 11.6. The first-order chi connectivity index (χ1) is 13.6. The van der Waals surface area contributed by atoms with Gasteiger partial charge in [-0.3, -0.25) is 4.79 Å². The second kappa shape index (κ2) is 7.16. The average Bonchev–Trinajstić information content (AvgIpc) is 3.04. The number of nitrogens with zero attached hydrogens (tertiary/aromatic N) is 2. The van der Waals surface area contributed by atoms with Crippen molar-refractivity contribution in [3.8, 4) is 0 Å². The number of piperidine rings is 1. The number of carbonyl (C=O) groups excluding carboxylic acids is 1. The quantitative estimate of drug-likeness (QED) is 0.754. The molecular formula is C25H36N2O. The molecule has 0 N–H and O–H groups in total. The summed E-state index contributed by atoms with van der Waals surface area (Å²) in [4.78, 5) is 16.8. The van der Waals surface area contributed by atoms with Crippen molar-refractivity contribution >= 4 is 5.91 Å². The van der Waals surface area contributed by atoms with Gasteiger partial charge in [0.15, 0.2) is 0 Å². The van der Waals surface area contributed by atoms with Crippen LogP contribution in [-0.2, 0) is 10.2 Å². The average molecular weight is 381 g/mol. The highest BCUT2D eigenvalue weighted by molar-refractivity contribution is 5.74. The summed E-state index contributed by atoms with van der Waals surface area (Å²) in [6.07, 6.45) is 11.1. The fraction of sp³-hybridized carbons (Fsp3) is 0.720. The summed E-state index contributed by atoms with van der Waals surface area (Å²) >= 11 is 0. The van der Waals surface area contributed by atoms with Crippen LogP contribution in [0.4, 0.5) is 0 Å². The van der Waals surface area contributed by atoms with E-state index in [1.807, 2.05) is 11.9 Å². The Kier molecular flexibility index (Phi) is 4.77. The molecule has 2 bridgehead atoms. The van der Waals surface area contributed by atoms with E-state index in [1.165, 1.54) is 75.7 Å². The third kappa shape index (κ3) is 3.10. The number of carbonyl (C=O) groups is 1. The number of amides is 1. The Hall–Kier alpha value is -1.35. The highest BCUT2D eigenvalue weighted by Crippen LogP contribution is 2.53. The maximum absolute atomic E-state index is 12.1. The van der Waals surface area contributed by atoms with Gasteiger partial charge in [0, 0.05) is 25.9 Å². The topological polar surface area (TPSA) is 23.6 Å². The Morgan fingerprint density at radius 2 is 1.86 bits per heavy atom. The molecule has 4 fully saturated rings. The smallest absolute Gasteiger partial charge is 0.219 e. The number of fused-ring (bicyclic) bond motifs is 5. The summed E-state index contributed by atoms with van der Waals surface area (Å²) in [6, 6.07) is 9.21. The third-order valence-electron chi connectivity index (χ3n) is 8.94. The molecule has 1 spiro atoms. The summed E-state index contributed by atoms with van der Waals surface area (Å²) in [5.41, 5.74) is 3.22. The number of hydrogen-bond acceptors (Lipinski definition) is 2. The fourth-order valence-corrected chi connectivity index (χ4v) is 7.13. The van der Waals surface area contributed by atoms with E-state index in [2.05, 4.69) is 29.2 Å². The zero-order valence-electron chi connectivity index (χ0n) is 17.7. The lowest BCUT2D eigenvalue weighted by atomic mass is 9.64. The van der Waals surface area contributed by atoms with E-state index in [9.17, 15) is 4.79 Å². The summed E-state index contributed by atoms with van der Waals surface area (Å²) in [7, 11) is 1.98. The first-order valence-electron chi connectivity index (χ1n) is 11.6. The molecule has 0 aromatic heterocycles. The lowest BCUT2D eigenvalue weighted by molar-refractivity contribution is -0.129. The van der Waals surface area contributed by atoms with Crippen molar-refractivity contribution in [3.05, 3.63) is 35.4 Å². The molecule has 5 aliphatic rings. The molecule has 3 saturated carbocycles. The van der Waals surface area contributed by atoms with Gasteiger partial charge in [-0.05, 0) is 80.5 Å². The highest BCUT2D eigenvalue weighted by atomic mass is 16.2. The van der Waals surface area contributed by atoms with Crippen molar-refractivity contribution < 1.29 is 4.79 Å². The number of benzene rings is 1. The van der Waals surface area contributed by atoms with Crippen LogP contribution in [0.2, 0.25) is 0 Å². The van der Waals surface area contributed by atoms with Crippen molar-refractivity contribution in [2.75, 3.05) is 26.7 Å². The molecule has 1 aromatic carbocycles. The fourth-order valence-electron chi connectivity index (χ4n) is 7.13. The first kappa shape index (κ1) is 18.7. The second-order valence-corrected chi connectivity index (χ2v) is 10.3. The van der Waals surface area contributed by atoms with E-state index >= 15 is 0 Å². The van der Waals surface area contributed by atoms with E-state index < -0.39 is 0 Å². The summed E-state index contributed by atoms with van der Waals surface area (Å²) in [6.45, 7) is 5.52. The van der Waals surface area contributed by atoms with Gasteiger partial charge in [-0.25, -0.2) is 0 Å². The largest absolute Gasteiger partial charge is 0.339 e. The zero-order chi connectivity index (χ0) is 19.3. The Morgan fingerprint density at radius 3 is 2.50 bits per heavy atom. The Balaban J connectivity index is 1.28. The molecule has 0 radical (unpaired) electrons. The molecule has 2 atom stereocenters. The van der Waals surface area contributed by atoms with Gasteiger partial charge in [0.05, 0.1) is 6.04 Å². The van der Waals surface area contributed by atoms with E-state index in [0.717, 1.165) is 24.2 Å². The molecule has 4 aliphatic carbocycles. The lowest BCUT2D eigenvalue weighted by Crippen LogP contribution is -2.46. The predicted molar refractivity (Wildman–Crippen MR) is 113 cm³/mol. The van der Waals surface area contributed by atoms with Crippen LogP contribution in [0.3, 0.4) is 0 Å². The van der Waals surface area contributed by atoms with Crippen molar-refractivity contribution in [2.24, 2.45) is 17.8 Å². The van der Waals surface area contributed by atoms with Crippen LogP contribution in [0, 0.1) is 17.8 Å². The van der Waals surface area contributed by atoms with Crippen LogP contribution in [0.25, 0.3) is 0 Å². The van der Waals surface area contributed by atoms with Crippen molar-refractivity contribution in [2.45, 2.75) is 69.7 Å². The van der Waals surface area contributed by atoms with Gasteiger partial charge >= 0.3 is 0 Å². The number of hydrogen-bond donors (Lipinski definition) is 0. The van der Waals surface area contributed by atoms with Crippen LogP contribution >= 0.6 is 0 Å². The molecule has 1 heterocycles. The lowest BCUT2D eigenvalue weighted by Gasteiger charge is -2.46. The minimum absolute atomic E-state index is 0.182. The molecule has 3 nitrogen and oxygen atoms in total. The molecular weight excluding hydrogens is 344 g/mol. The van der Waals surface area contributed by atoms with Crippen molar-refractivity contribution in [3.63, 3.8) is 0 Å². The minimum Gasteiger partial charge on any atom is -0.339 e. The minimum atomic E-state index is 0.182. The molecule has 152 valence electrons. The Bertz CT molecular complexity index is 728. The van der Waals surface area contributed by atoms with Gasteiger partial charge in [0.25, 0.3) is 0 Å². The van der Waals surface area contributed by atoms with Gasteiger partial charge in [0.1, 0.15) is 0 Å². The maximum atomic E-state index is 12.1. The van der Waals surface area contributed by atoms with Crippen LogP contribution in [-0.4, -0.2) is 42.4 Å². The van der Waals surface area contributed by atoms with Gasteiger partial charge in [-0.2, -0.15) is 0 Å². The molecule has 28 heavy (non-hydrogen) atoms. The zero-order valence-corrected chi connectivity index (χ0v) is 17.7. The molecule has 1 aliphatic heterocycles. The van der Waals surface area contributed by atoms with Gasteiger partial charge in [-0.1, -0.05) is 37.1 Å². The molecule has 1 saturated heterocycles. The predicted octanol–water partition coefficient (Wildman–Crippen LogP) is 4.77. The van der Waals surface area contributed by atoms with E-state index in [0.29, 0.717) is 0 Å². The van der Waals surface area contributed by atoms with E-state index in [1.54, 1.807) is 6.92 Å². The molecule has 6 rings (SSSR count). The maximum Gasteiger partial charge on any atom is 0.219 e. The van der Waals surface area contributed by atoms with Crippen molar-refractivity contribution in [1.29, 1.82) is 0 Å². The van der Waals surface area contributed by atoms with Crippen molar-refractivity contribution in [1.82, 2.24) is 9.80 Å². The van der Waals surface area contributed by atoms with Crippen LogP contribution in [0.15, 0.2) is 24.3 Å². The Morgan fingerprint density at radius 1 is 1.14 bits per heavy atom. The van der Waals surface area contributed by atoms with Crippen LogP contribution < -0.4 is 0 Å².